The van der Waals surface area contributed by atoms with Gasteiger partial charge in [0, 0.05) is 5.56 Å². The maximum Gasteiger partial charge on any atom is 0.335 e. The molecule has 4 atom stereocenters. The normalized spacial score (nSPS) is 24.6. The van der Waals surface area contributed by atoms with Crippen LogP contribution in [0.4, 0.5) is 0 Å². The zero-order valence-electron chi connectivity index (χ0n) is 18.7. The van der Waals surface area contributed by atoms with Gasteiger partial charge in [-0.2, -0.15) is 10.1 Å². The Morgan fingerprint density at radius 1 is 0.971 bits per heavy atom. The van der Waals surface area contributed by atoms with Gasteiger partial charge in [-0.25, -0.2) is 4.79 Å². The molecule has 3 aliphatic rings. The molecule has 174 valence electrons. The van der Waals surface area contributed by atoms with Crippen LogP contribution in [0.1, 0.15) is 27.9 Å². The van der Waals surface area contributed by atoms with Crippen molar-refractivity contribution < 1.29 is 24.2 Å². The van der Waals surface area contributed by atoms with Gasteiger partial charge in [-0.15, -0.1) is 0 Å². The Kier molecular flexibility index (Phi) is 4.99. The zero-order chi connectivity index (χ0) is 24.1. The smallest absolute Gasteiger partial charge is 0.335 e. The van der Waals surface area contributed by atoms with Crippen LogP contribution in [0.25, 0.3) is 10.8 Å². The first-order chi connectivity index (χ1) is 17.0. The number of hydrogen-bond acceptors (Lipinski definition) is 5. The number of imide groups is 1. The molecule has 35 heavy (non-hydrogen) atoms. The summed E-state index contributed by atoms with van der Waals surface area (Å²) in [5, 5.41) is 16.4. The number of fused-ring (bicyclic) bond motifs is 6. The lowest BCUT2D eigenvalue weighted by molar-refractivity contribution is -0.140. The van der Waals surface area contributed by atoms with E-state index in [1.54, 1.807) is 12.1 Å². The summed E-state index contributed by atoms with van der Waals surface area (Å²) >= 11 is 0. The second kappa shape index (κ2) is 8.20. The van der Waals surface area contributed by atoms with Gasteiger partial charge in [0.1, 0.15) is 12.4 Å². The summed E-state index contributed by atoms with van der Waals surface area (Å²) in [4.78, 5) is 37.1. The van der Waals surface area contributed by atoms with Crippen molar-refractivity contribution in [3.8, 4) is 5.75 Å². The van der Waals surface area contributed by atoms with Crippen molar-refractivity contribution in [3.63, 3.8) is 0 Å². The van der Waals surface area contributed by atoms with Crippen LogP contribution < -0.4 is 4.74 Å². The van der Waals surface area contributed by atoms with Crippen LogP contribution in [0, 0.1) is 23.7 Å². The molecule has 1 aliphatic heterocycles. The average molecular weight is 466 g/mol. The maximum absolute atomic E-state index is 13.0. The van der Waals surface area contributed by atoms with E-state index in [-0.39, 0.29) is 47.7 Å². The molecule has 2 bridgehead atoms. The number of carbonyl (C=O) groups is 3. The molecule has 7 heteroatoms. The molecule has 1 N–H and O–H groups in total. The number of hydrazone groups is 1. The Morgan fingerprint density at radius 2 is 1.66 bits per heavy atom. The van der Waals surface area contributed by atoms with Crippen LogP contribution >= 0.6 is 0 Å². The number of amides is 2. The SMILES string of the molecule is O=C(O)c1ccc(COc2ccc3ccccc3c2C=NN2C(=O)C3C4C=CC(C4)C3C2=O)cc1. The lowest BCUT2D eigenvalue weighted by atomic mass is 9.85. The highest BCUT2D eigenvalue weighted by atomic mass is 16.5. The van der Waals surface area contributed by atoms with Crippen LogP contribution in [0.15, 0.2) is 77.9 Å². The molecule has 0 radical (unpaired) electrons. The van der Waals surface area contributed by atoms with E-state index < -0.39 is 5.97 Å². The largest absolute Gasteiger partial charge is 0.488 e. The number of carboxylic acids is 1. The second-order valence-electron chi connectivity index (χ2n) is 9.22. The van der Waals surface area contributed by atoms with E-state index >= 15 is 0 Å². The third kappa shape index (κ3) is 3.51. The Bertz CT molecular complexity index is 1400. The first-order valence-corrected chi connectivity index (χ1v) is 11.6. The van der Waals surface area contributed by atoms with Gasteiger partial charge in [-0.05, 0) is 52.8 Å². The third-order valence-corrected chi connectivity index (χ3v) is 7.28. The molecule has 0 aromatic heterocycles. The van der Waals surface area contributed by atoms with Crippen molar-refractivity contribution in [2.45, 2.75) is 13.0 Å². The highest BCUT2D eigenvalue weighted by molar-refractivity contribution is 6.08. The summed E-state index contributed by atoms with van der Waals surface area (Å²) in [7, 11) is 0. The number of allylic oxidation sites excluding steroid dienone is 2. The highest BCUT2D eigenvalue weighted by Crippen LogP contribution is 2.52. The van der Waals surface area contributed by atoms with E-state index in [0.29, 0.717) is 11.3 Å². The molecule has 3 aromatic carbocycles. The summed E-state index contributed by atoms with van der Waals surface area (Å²) in [6, 6.07) is 18.0. The number of ether oxygens (including phenoxy) is 1. The van der Waals surface area contributed by atoms with Crippen molar-refractivity contribution >= 4 is 34.8 Å². The zero-order valence-corrected chi connectivity index (χ0v) is 18.7. The van der Waals surface area contributed by atoms with Gasteiger partial charge in [0.05, 0.1) is 23.6 Å². The standard InChI is InChI=1S/C28H22N2O5/c31-26-24-19-9-10-20(13-19)25(24)27(32)30(26)29-14-22-21-4-2-1-3-17(21)11-12-23(22)35-15-16-5-7-18(8-6-16)28(33)34/h1-12,14,19-20,24-25H,13,15H2,(H,33,34). The van der Waals surface area contributed by atoms with Crippen LogP contribution in [0.3, 0.4) is 0 Å². The third-order valence-electron chi connectivity index (χ3n) is 7.28. The predicted octanol–water partition coefficient (Wildman–Crippen LogP) is 4.26. The molecule has 6 rings (SSSR count). The number of aromatic carboxylic acids is 1. The van der Waals surface area contributed by atoms with Crippen LogP contribution in [-0.4, -0.2) is 34.1 Å². The minimum Gasteiger partial charge on any atom is -0.488 e. The number of benzene rings is 3. The van der Waals surface area contributed by atoms with Crippen molar-refractivity contribution in [3.05, 3.63) is 89.5 Å². The monoisotopic (exact) mass is 466 g/mol. The summed E-state index contributed by atoms with van der Waals surface area (Å²) in [6.07, 6.45) is 6.53. The molecule has 0 spiro atoms. The van der Waals surface area contributed by atoms with E-state index in [1.807, 2.05) is 36.4 Å². The van der Waals surface area contributed by atoms with Gasteiger partial charge in [-0.3, -0.25) is 9.59 Å². The van der Waals surface area contributed by atoms with Crippen LogP contribution in [-0.2, 0) is 16.2 Å². The summed E-state index contributed by atoms with van der Waals surface area (Å²) in [5.74, 6) is -1.22. The van der Waals surface area contributed by atoms with E-state index in [9.17, 15) is 14.4 Å². The Morgan fingerprint density at radius 3 is 2.34 bits per heavy atom. The van der Waals surface area contributed by atoms with E-state index in [1.165, 1.54) is 18.3 Å². The molecule has 1 saturated heterocycles. The fourth-order valence-electron chi connectivity index (χ4n) is 5.56. The summed E-state index contributed by atoms with van der Waals surface area (Å²) in [5.41, 5.74) is 1.69. The fourth-order valence-corrected chi connectivity index (χ4v) is 5.56. The number of carboxylic acid groups (broad SMARTS) is 1. The van der Waals surface area contributed by atoms with Crippen molar-refractivity contribution in [2.24, 2.45) is 28.8 Å². The lowest BCUT2D eigenvalue weighted by Crippen LogP contribution is -2.28. The second-order valence-corrected chi connectivity index (χ2v) is 9.22. The topological polar surface area (TPSA) is 96.3 Å². The first kappa shape index (κ1) is 21.3. The molecule has 3 aromatic rings. The number of hydrogen-bond donors (Lipinski definition) is 1. The van der Waals surface area contributed by atoms with Crippen molar-refractivity contribution in [2.75, 3.05) is 0 Å². The van der Waals surface area contributed by atoms with Crippen LogP contribution in [0.2, 0.25) is 0 Å². The number of carbonyl (C=O) groups excluding carboxylic acids is 2. The summed E-state index contributed by atoms with van der Waals surface area (Å²) < 4.78 is 6.08. The minimum absolute atomic E-state index is 0.130. The molecule has 1 heterocycles. The minimum atomic E-state index is -0.982. The Labute approximate surface area is 201 Å². The lowest BCUT2D eigenvalue weighted by Gasteiger charge is -2.14. The van der Waals surface area contributed by atoms with Gasteiger partial charge in [0.2, 0.25) is 0 Å². The van der Waals surface area contributed by atoms with Gasteiger partial charge in [0.25, 0.3) is 11.8 Å². The molecular formula is C28H22N2O5. The van der Waals surface area contributed by atoms with Crippen LogP contribution in [0.5, 0.6) is 5.75 Å². The van der Waals surface area contributed by atoms with Crippen molar-refractivity contribution in [1.29, 1.82) is 0 Å². The number of rotatable bonds is 6. The molecule has 2 fully saturated rings. The molecule has 2 amide bonds. The molecule has 7 nitrogen and oxygen atoms in total. The maximum atomic E-state index is 13.0. The summed E-state index contributed by atoms with van der Waals surface area (Å²) in [6.45, 7) is 0.222. The average Bonchev–Trinajstić information content (AvgIpc) is 3.56. The molecule has 1 saturated carbocycles. The quantitative estimate of drug-likeness (QED) is 0.333. The first-order valence-electron chi connectivity index (χ1n) is 11.6. The molecule has 2 aliphatic carbocycles. The molecule has 4 unspecified atom stereocenters. The van der Waals surface area contributed by atoms with Gasteiger partial charge in [0.15, 0.2) is 0 Å². The van der Waals surface area contributed by atoms with Gasteiger partial charge >= 0.3 is 5.97 Å². The fraction of sp³-hybridized carbons (Fsp3) is 0.214. The van der Waals surface area contributed by atoms with Gasteiger partial charge in [-0.1, -0.05) is 54.6 Å². The Hall–Kier alpha value is -4.26. The number of nitrogens with zero attached hydrogens (tertiary/aromatic N) is 2. The van der Waals surface area contributed by atoms with E-state index in [2.05, 4.69) is 17.3 Å². The van der Waals surface area contributed by atoms with E-state index in [4.69, 9.17) is 9.84 Å². The van der Waals surface area contributed by atoms with E-state index in [0.717, 1.165) is 27.8 Å². The van der Waals surface area contributed by atoms with Gasteiger partial charge < -0.3 is 9.84 Å². The predicted molar refractivity (Wildman–Crippen MR) is 129 cm³/mol. The van der Waals surface area contributed by atoms with Crippen molar-refractivity contribution in [1.82, 2.24) is 5.01 Å². The Balaban J connectivity index is 1.29. The molecular weight excluding hydrogens is 444 g/mol. The highest BCUT2D eigenvalue weighted by Gasteiger charge is 2.59.